The second-order valence-corrected chi connectivity index (χ2v) is 4.39. The van der Waals surface area contributed by atoms with Crippen molar-refractivity contribution in [1.82, 2.24) is 9.78 Å². The Balaban J connectivity index is 2.10. The molecule has 6 nitrogen and oxygen atoms in total. The highest BCUT2D eigenvalue weighted by atomic mass is 16.5. The number of hydrogen-bond acceptors (Lipinski definition) is 4. The first kappa shape index (κ1) is 14.6. The van der Waals surface area contributed by atoms with Crippen molar-refractivity contribution in [3.05, 3.63) is 47.8 Å². The molecule has 0 spiro atoms. The normalized spacial score (nSPS) is 10.8. The van der Waals surface area contributed by atoms with E-state index in [-0.39, 0.29) is 0 Å². The molecule has 1 N–H and O–H groups in total. The first-order valence-corrected chi connectivity index (χ1v) is 6.28. The number of rotatable bonds is 6. The van der Waals surface area contributed by atoms with Gasteiger partial charge in [0.2, 0.25) is 0 Å². The average Bonchev–Trinajstić information content (AvgIpc) is 2.88. The van der Waals surface area contributed by atoms with Crippen molar-refractivity contribution >= 4 is 12.0 Å². The molecule has 0 aliphatic heterocycles. The third kappa shape index (κ3) is 4.10. The Morgan fingerprint density at radius 2 is 2.24 bits per heavy atom. The molecule has 0 aliphatic carbocycles. The molecular weight excluding hydrogens is 272 g/mol. The lowest BCUT2D eigenvalue weighted by Gasteiger charge is -2.10. The van der Waals surface area contributed by atoms with Crippen molar-refractivity contribution in [3.63, 3.8) is 0 Å². The second kappa shape index (κ2) is 6.60. The van der Waals surface area contributed by atoms with Gasteiger partial charge in [0.1, 0.15) is 6.61 Å². The molecule has 1 aromatic carbocycles. The summed E-state index contributed by atoms with van der Waals surface area (Å²) in [6.07, 6.45) is 6.17. The lowest BCUT2D eigenvalue weighted by atomic mass is 10.2. The fraction of sp³-hybridized carbons (Fsp3) is 0.200. The molecule has 0 saturated carbocycles. The van der Waals surface area contributed by atoms with Gasteiger partial charge >= 0.3 is 5.97 Å². The van der Waals surface area contributed by atoms with Gasteiger partial charge in [0.15, 0.2) is 11.5 Å². The van der Waals surface area contributed by atoms with Crippen LogP contribution in [-0.2, 0) is 18.4 Å². The number of hydrogen-bond donors (Lipinski definition) is 1. The van der Waals surface area contributed by atoms with Crippen LogP contribution < -0.4 is 9.47 Å². The van der Waals surface area contributed by atoms with Gasteiger partial charge in [0.05, 0.1) is 13.3 Å². The van der Waals surface area contributed by atoms with Crippen molar-refractivity contribution in [2.24, 2.45) is 7.05 Å². The molecule has 1 heterocycles. The third-order valence-electron chi connectivity index (χ3n) is 2.76. The minimum Gasteiger partial charge on any atom is -0.493 e. The second-order valence-electron chi connectivity index (χ2n) is 4.39. The number of nitrogens with zero attached hydrogens (tertiary/aromatic N) is 2. The zero-order valence-corrected chi connectivity index (χ0v) is 11.8. The van der Waals surface area contributed by atoms with Gasteiger partial charge in [0.25, 0.3) is 0 Å². The monoisotopic (exact) mass is 288 g/mol. The van der Waals surface area contributed by atoms with E-state index in [0.717, 1.165) is 17.2 Å². The number of ether oxygens (including phenoxy) is 2. The van der Waals surface area contributed by atoms with E-state index in [4.69, 9.17) is 14.6 Å². The molecule has 0 aliphatic rings. The number of aryl methyl sites for hydroxylation is 1. The first-order valence-electron chi connectivity index (χ1n) is 6.28. The summed E-state index contributed by atoms with van der Waals surface area (Å²) in [5.74, 6) is 0.145. The van der Waals surface area contributed by atoms with Gasteiger partial charge in [-0.05, 0) is 23.8 Å². The van der Waals surface area contributed by atoms with Crippen LogP contribution in [0.3, 0.4) is 0 Å². The number of aliphatic carboxylic acids is 1. The number of methoxy groups -OCH3 is 1. The zero-order chi connectivity index (χ0) is 15.2. The van der Waals surface area contributed by atoms with E-state index in [1.165, 1.54) is 13.2 Å². The summed E-state index contributed by atoms with van der Waals surface area (Å²) in [5.41, 5.74) is 1.68. The first-order chi connectivity index (χ1) is 10.1. The van der Waals surface area contributed by atoms with Gasteiger partial charge in [-0.15, -0.1) is 0 Å². The zero-order valence-electron chi connectivity index (χ0n) is 11.8. The van der Waals surface area contributed by atoms with Gasteiger partial charge in [0, 0.05) is 24.9 Å². The molecule has 0 bridgehead atoms. The Hall–Kier alpha value is -2.76. The predicted octanol–water partition coefficient (Wildman–Crippen LogP) is 2.11. The van der Waals surface area contributed by atoms with Crippen LogP contribution in [0.2, 0.25) is 0 Å². The highest BCUT2D eigenvalue weighted by Crippen LogP contribution is 2.29. The lowest BCUT2D eigenvalue weighted by Crippen LogP contribution is -1.97. The van der Waals surface area contributed by atoms with E-state index in [9.17, 15) is 4.79 Å². The topological polar surface area (TPSA) is 73.6 Å². The van der Waals surface area contributed by atoms with Gasteiger partial charge in [-0.25, -0.2) is 4.79 Å². The third-order valence-corrected chi connectivity index (χ3v) is 2.76. The van der Waals surface area contributed by atoms with Crippen molar-refractivity contribution in [2.75, 3.05) is 7.11 Å². The van der Waals surface area contributed by atoms with Gasteiger partial charge in [-0.2, -0.15) is 5.10 Å². The molecule has 2 aromatic rings. The molecule has 1 aromatic heterocycles. The van der Waals surface area contributed by atoms with E-state index in [1.54, 1.807) is 29.1 Å². The van der Waals surface area contributed by atoms with E-state index in [0.29, 0.717) is 18.1 Å². The van der Waals surface area contributed by atoms with Crippen LogP contribution in [0.5, 0.6) is 11.5 Å². The molecule has 0 radical (unpaired) electrons. The molecular formula is C15H16N2O4. The summed E-state index contributed by atoms with van der Waals surface area (Å²) in [6.45, 7) is 0.383. The fourth-order valence-corrected chi connectivity index (χ4v) is 1.78. The number of carboxylic acid groups (broad SMARTS) is 1. The molecule has 110 valence electrons. The Bertz CT molecular complexity index is 661. The van der Waals surface area contributed by atoms with E-state index < -0.39 is 5.97 Å². The number of carboxylic acids is 1. The Labute approximate surface area is 122 Å². The van der Waals surface area contributed by atoms with Crippen molar-refractivity contribution in [3.8, 4) is 11.5 Å². The SMILES string of the molecule is COc1cc(/C=C/C(=O)O)ccc1OCc1cnn(C)c1. The maximum absolute atomic E-state index is 10.5. The summed E-state index contributed by atoms with van der Waals surface area (Å²) in [6, 6.07) is 5.23. The van der Waals surface area contributed by atoms with Gasteiger partial charge in [-0.1, -0.05) is 6.07 Å². The summed E-state index contributed by atoms with van der Waals surface area (Å²) < 4.78 is 12.7. The highest BCUT2D eigenvalue weighted by Gasteiger charge is 2.06. The Kier molecular flexibility index (Phi) is 4.61. The quantitative estimate of drug-likeness (QED) is 0.824. The van der Waals surface area contributed by atoms with Crippen LogP contribution >= 0.6 is 0 Å². The van der Waals surface area contributed by atoms with E-state index >= 15 is 0 Å². The highest BCUT2D eigenvalue weighted by molar-refractivity contribution is 5.85. The standard InChI is InChI=1S/C15H16N2O4/c1-17-9-12(8-16-17)10-21-13-5-3-11(4-6-15(18)19)7-14(13)20-2/h3-9H,10H2,1-2H3,(H,18,19)/b6-4+. The van der Waals surface area contributed by atoms with Gasteiger partial charge in [-0.3, -0.25) is 4.68 Å². The Morgan fingerprint density at radius 3 is 2.86 bits per heavy atom. The van der Waals surface area contributed by atoms with Crippen molar-refractivity contribution < 1.29 is 19.4 Å². The molecule has 21 heavy (non-hydrogen) atoms. The molecule has 6 heteroatoms. The lowest BCUT2D eigenvalue weighted by molar-refractivity contribution is -0.131. The fourth-order valence-electron chi connectivity index (χ4n) is 1.78. The minimum atomic E-state index is -0.995. The molecule has 0 saturated heterocycles. The maximum Gasteiger partial charge on any atom is 0.328 e. The summed E-state index contributed by atoms with van der Waals surface area (Å²) in [7, 11) is 3.38. The number of carbonyl (C=O) groups is 1. The van der Waals surface area contributed by atoms with E-state index in [1.807, 2.05) is 13.2 Å². The molecule has 0 fully saturated rings. The average molecular weight is 288 g/mol. The van der Waals surface area contributed by atoms with Crippen LogP contribution in [0, 0.1) is 0 Å². The Morgan fingerprint density at radius 1 is 1.43 bits per heavy atom. The number of benzene rings is 1. The van der Waals surface area contributed by atoms with Crippen LogP contribution in [0.15, 0.2) is 36.7 Å². The maximum atomic E-state index is 10.5. The van der Waals surface area contributed by atoms with Gasteiger partial charge < -0.3 is 14.6 Å². The molecule has 0 amide bonds. The van der Waals surface area contributed by atoms with Crippen LogP contribution in [0.4, 0.5) is 0 Å². The molecule has 2 rings (SSSR count). The minimum absolute atomic E-state index is 0.383. The summed E-state index contributed by atoms with van der Waals surface area (Å²) in [4.78, 5) is 10.5. The summed E-state index contributed by atoms with van der Waals surface area (Å²) in [5, 5.41) is 12.7. The van der Waals surface area contributed by atoms with E-state index in [2.05, 4.69) is 5.10 Å². The van der Waals surface area contributed by atoms with Crippen LogP contribution in [0.25, 0.3) is 6.08 Å². The van der Waals surface area contributed by atoms with Crippen molar-refractivity contribution in [1.29, 1.82) is 0 Å². The number of aromatic nitrogens is 2. The molecule has 0 atom stereocenters. The predicted molar refractivity (Wildman–Crippen MR) is 77.2 cm³/mol. The van der Waals surface area contributed by atoms with Crippen LogP contribution in [-0.4, -0.2) is 28.0 Å². The van der Waals surface area contributed by atoms with Crippen LogP contribution in [0.1, 0.15) is 11.1 Å². The van der Waals surface area contributed by atoms with Crippen molar-refractivity contribution in [2.45, 2.75) is 6.61 Å². The smallest absolute Gasteiger partial charge is 0.328 e. The summed E-state index contributed by atoms with van der Waals surface area (Å²) >= 11 is 0. The largest absolute Gasteiger partial charge is 0.493 e. The molecule has 0 unspecified atom stereocenters.